The van der Waals surface area contributed by atoms with Crippen LogP contribution in [0.5, 0.6) is 5.75 Å². The summed E-state index contributed by atoms with van der Waals surface area (Å²) in [5, 5.41) is 3.87. The van der Waals surface area contributed by atoms with E-state index >= 15 is 0 Å². The maximum absolute atomic E-state index is 12.8. The topological polar surface area (TPSA) is 77.8 Å². The summed E-state index contributed by atoms with van der Waals surface area (Å²) in [6.07, 6.45) is 4.34. The number of rotatable bonds is 10. The monoisotopic (exact) mass is 497 g/mol. The molecule has 0 spiro atoms. The number of esters is 1. The zero-order chi connectivity index (χ0) is 25.8. The second-order valence-corrected chi connectivity index (χ2v) is 9.33. The number of aryl methyl sites for hydroxylation is 1. The number of ether oxygens (including phenoxy) is 2. The first kappa shape index (κ1) is 24.6. The molecule has 6 nitrogen and oxygen atoms in total. The molecular weight excluding hydrogens is 466 g/mol. The Morgan fingerprint density at radius 3 is 2.62 bits per heavy atom. The fourth-order valence-electron chi connectivity index (χ4n) is 4.51. The molecule has 1 aromatic heterocycles. The number of hydrogen-bond donors (Lipinski definition) is 1. The van der Waals surface area contributed by atoms with Gasteiger partial charge >= 0.3 is 5.97 Å². The molecule has 0 saturated heterocycles. The summed E-state index contributed by atoms with van der Waals surface area (Å²) in [5.41, 5.74) is 5.73. The third-order valence-electron chi connectivity index (χ3n) is 6.64. The van der Waals surface area contributed by atoms with Crippen LogP contribution in [0.1, 0.15) is 49.4 Å². The molecule has 1 unspecified atom stereocenters. The fraction of sp³-hybridized carbons (Fsp3) is 0.290. The molecule has 1 amide bonds. The molecule has 1 N–H and O–H groups in total. The Morgan fingerprint density at radius 1 is 1.00 bits per heavy atom. The van der Waals surface area contributed by atoms with E-state index in [1.165, 1.54) is 5.56 Å². The predicted molar refractivity (Wildman–Crippen MR) is 142 cm³/mol. The van der Waals surface area contributed by atoms with Crippen molar-refractivity contribution in [2.75, 3.05) is 6.61 Å². The molecule has 1 saturated carbocycles. The van der Waals surface area contributed by atoms with E-state index in [1.54, 1.807) is 19.3 Å². The third kappa shape index (κ3) is 5.53. The smallest absolute Gasteiger partial charge is 0.333 e. The van der Waals surface area contributed by atoms with Crippen LogP contribution in [0, 0.1) is 5.92 Å². The molecule has 0 aliphatic heterocycles. The lowest BCUT2D eigenvalue weighted by Crippen LogP contribution is -2.36. The van der Waals surface area contributed by atoms with Crippen molar-refractivity contribution in [3.63, 3.8) is 0 Å². The van der Waals surface area contributed by atoms with Crippen molar-refractivity contribution < 1.29 is 23.5 Å². The minimum Gasteiger partial charge on any atom is -0.489 e. The van der Waals surface area contributed by atoms with Gasteiger partial charge in [-0.15, -0.1) is 0 Å². The highest BCUT2D eigenvalue weighted by atomic mass is 16.5. The van der Waals surface area contributed by atoms with Gasteiger partial charge < -0.3 is 19.2 Å². The average Bonchev–Trinajstić information content (AvgIpc) is 3.67. The summed E-state index contributed by atoms with van der Waals surface area (Å²) in [7, 11) is 0. The van der Waals surface area contributed by atoms with Gasteiger partial charge in [-0.05, 0) is 67.1 Å². The molecule has 6 heteroatoms. The Morgan fingerprint density at radius 2 is 1.84 bits per heavy atom. The fourth-order valence-corrected chi connectivity index (χ4v) is 4.51. The molecule has 3 aromatic carbocycles. The number of para-hydroxylation sites is 1. The van der Waals surface area contributed by atoms with Crippen molar-refractivity contribution in [2.45, 2.75) is 45.8 Å². The summed E-state index contributed by atoms with van der Waals surface area (Å²) in [5.74, 6) is -0.127. The first-order chi connectivity index (χ1) is 18.1. The first-order valence-electron chi connectivity index (χ1n) is 12.9. The quantitative estimate of drug-likeness (QED) is 0.258. The van der Waals surface area contributed by atoms with E-state index in [9.17, 15) is 9.59 Å². The minimum atomic E-state index is -0.923. The highest BCUT2D eigenvalue weighted by Crippen LogP contribution is 2.34. The molecule has 4 aromatic rings. The van der Waals surface area contributed by atoms with Crippen LogP contribution in [-0.4, -0.2) is 18.5 Å². The van der Waals surface area contributed by atoms with E-state index in [1.807, 2.05) is 30.3 Å². The van der Waals surface area contributed by atoms with E-state index in [2.05, 4.69) is 42.6 Å². The number of nitrogens with one attached hydrogen (secondary N) is 1. The van der Waals surface area contributed by atoms with Gasteiger partial charge in [0.1, 0.15) is 17.9 Å². The molecule has 0 bridgehead atoms. The van der Waals surface area contributed by atoms with Crippen molar-refractivity contribution in [3.05, 3.63) is 89.7 Å². The highest BCUT2D eigenvalue weighted by Gasteiger charge is 2.34. The van der Waals surface area contributed by atoms with Gasteiger partial charge in [0.2, 0.25) is 5.91 Å². The molecule has 190 valence electrons. The summed E-state index contributed by atoms with van der Waals surface area (Å²) in [6, 6.07) is 20.9. The van der Waals surface area contributed by atoms with Gasteiger partial charge in [0.05, 0.1) is 12.9 Å². The van der Waals surface area contributed by atoms with Crippen LogP contribution in [0.4, 0.5) is 0 Å². The van der Waals surface area contributed by atoms with Crippen LogP contribution in [0.25, 0.3) is 22.1 Å². The number of hydrogen-bond acceptors (Lipinski definition) is 5. The zero-order valence-corrected chi connectivity index (χ0v) is 21.2. The molecule has 1 aliphatic rings. The Kier molecular flexibility index (Phi) is 7.26. The summed E-state index contributed by atoms with van der Waals surface area (Å²) >= 11 is 0. The molecule has 37 heavy (non-hydrogen) atoms. The maximum Gasteiger partial charge on any atom is 0.333 e. The number of amides is 1. The van der Waals surface area contributed by atoms with Crippen molar-refractivity contribution in [2.24, 2.45) is 5.92 Å². The summed E-state index contributed by atoms with van der Waals surface area (Å²) in [6.45, 7) is 4.40. The van der Waals surface area contributed by atoms with Gasteiger partial charge in [-0.3, -0.25) is 4.79 Å². The number of benzene rings is 3. The number of carbonyl (C=O) groups is 2. The Bertz CT molecular complexity index is 1420. The van der Waals surface area contributed by atoms with Crippen LogP contribution in [0.2, 0.25) is 0 Å². The minimum absolute atomic E-state index is 0.0312. The molecule has 1 aliphatic carbocycles. The lowest BCUT2D eigenvalue weighted by molar-refractivity contribution is -0.147. The lowest BCUT2D eigenvalue weighted by atomic mass is 9.98. The molecule has 1 heterocycles. The Labute approximate surface area is 216 Å². The molecular formula is C31H31NO5. The standard InChI is InChI=1S/C31H31NO5/c1-3-20-8-7-9-23(16-20)26-18-21(17-24-14-15-36-29(24)26)19-37-27-11-6-5-10-25(27)28(31(34)35-4-2)32-30(33)22-12-13-22/h5-11,14-18,22,28H,3-4,12-13,19H2,1-2H3,(H,32,33). The maximum atomic E-state index is 12.8. The van der Waals surface area contributed by atoms with Crippen LogP contribution in [0.15, 0.2) is 77.4 Å². The third-order valence-corrected chi connectivity index (χ3v) is 6.64. The summed E-state index contributed by atoms with van der Waals surface area (Å²) < 4.78 is 17.4. The normalized spacial score (nSPS) is 13.8. The predicted octanol–water partition coefficient (Wildman–Crippen LogP) is 6.37. The number of furan rings is 1. The van der Waals surface area contributed by atoms with Gasteiger partial charge in [-0.2, -0.15) is 0 Å². The van der Waals surface area contributed by atoms with Crippen molar-refractivity contribution >= 4 is 22.8 Å². The van der Waals surface area contributed by atoms with Gasteiger partial charge in [-0.1, -0.05) is 49.4 Å². The average molecular weight is 498 g/mol. The van der Waals surface area contributed by atoms with Crippen molar-refractivity contribution in [1.82, 2.24) is 5.32 Å². The second kappa shape index (κ2) is 10.9. The van der Waals surface area contributed by atoms with E-state index in [0.717, 1.165) is 46.9 Å². The van der Waals surface area contributed by atoms with Crippen LogP contribution < -0.4 is 10.1 Å². The van der Waals surface area contributed by atoms with Crippen LogP contribution in [0.3, 0.4) is 0 Å². The number of fused-ring (bicyclic) bond motifs is 1. The highest BCUT2D eigenvalue weighted by molar-refractivity contribution is 5.93. The molecule has 5 rings (SSSR count). The van der Waals surface area contributed by atoms with Crippen LogP contribution in [-0.2, 0) is 27.4 Å². The van der Waals surface area contributed by atoms with Gasteiger partial charge in [0.15, 0.2) is 6.04 Å². The summed E-state index contributed by atoms with van der Waals surface area (Å²) in [4.78, 5) is 25.4. The van der Waals surface area contributed by atoms with Crippen molar-refractivity contribution in [3.8, 4) is 16.9 Å². The van der Waals surface area contributed by atoms with Gasteiger partial charge in [0, 0.05) is 22.4 Å². The zero-order valence-electron chi connectivity index (χ0n) is 21.2. The molecule has 1 fully saturated rings. The largest absolute Gasteiger partial charge is 0.489 e. The second-order valence-electron chi connectivity index (χ2n) is 9.33. The van der Waals surface area contributed by atoms with Gasteiger partial charge in [0.25, 0.3) is 0 Å². The molecule has 1 atom stereocenters. The van der Waals surface area contributed by atoms with E-state index in [-0.39, 0.29) is 25.0 Å². The number of carbonyl (C=O) groups excluding carboxylic acids is 2. The molecule has 0 radical (unpaired) electrons. The Hall–Kier alpha value is -4.06. The van der Waals surface area contributed by atoms with E-state index in [4.69, 9.17) is 13.9 Å². The SMILES string of the molecule is CCOC(=O)C(NC(=O)C1CC1)c1ccccc1OCc1cc(-c2cccc(CC)c2)c2occc2c1. The van der Waals surface area contributed by atoms with Crippen LogP contribution >= 0.6 is 0 Å². The van der Waals surface area contributed by atoms with E-state index in [0.29, 0.717) is 11.3 Å². The van der Waals surface area contributed by atoms with Crippen molar-refractivity contribution in [1.29, 1.82) is 0 Å². The Balaban J connectivity index is 1.43. The first-order valence-corrected chi connectivity index (χ1v) is 12.9. The van der Waals surface area contributed by atoms with Gasteiger partial charge in [-0.25, -0.2) is 4.79 Å². The van der Waals surface area contributed by atoms with E-state index < -0.39 is 12.0 Å². The lowest BCUT2D eigenvalue weighted by Gasteiger charge is -2.21.